The molecular weight excluding hydrogens is 380 g/mol. The van der Waals surface area contributed by atoms with Crippen LogP contribution in [0.15, 0.2) is 57.7 Å². The van der Waals surface area contributed by atoms with Crippen LogP contribution in [-0.2, 0) is 16.1 Å². The minimum Gasteiger partial charge on any atom is -0.454 e. The van der Waals surface area contributed by atoms with Gasteiger partial charge in [0.1, 0.15) is 0 Å². The van der Waals surface area contributed by atoms with Crippen molar-refractivity contribution in [1.82, 2.24) is 4.57 Å². The van der Waals surface area contributed by atoms with Gasteiger partial charge < -0.3 is 9.15 Å². The maximum absolute atomic E-state index is 12.2. The minimum atomic E-state index is -0.914. The Morgan fingerprint density at radius 3 is 2.62 bits per heavy atom. The Morgan fingerprint density at radius 1 is 1.21 bits per heavy atom. The molecule has 0 saturated carbocycles. The third kappa shape index (κ3) is 4.57. The summed E-state index contributed by atoms with van der Waals surface area (Å²) in [6.45, 7) is 1.67. The summed E-state index contributed by atoms with van der Waals surface area (Å²) in [7, 11) is 0. The average molecular weight is 398 g/mol. The van der Waals surface area contributed by atoms with E-state index >= 15 is 0 Å². The Labute approximate surface area is 164 Å². The van der Waals surface area contributed by atoms with Crippen LogP contribution in [0.2, 0.25) is 0 Å². The second-order valence-corrected chi connectivity index (χ2v) is 6.39. The highest BCUT2D eigenvalue weighted by molar-refractivity contribution is 6.00. The van der Waals surface area contributed by atoms with Crippen molar-refractivity contribution in [2.45, 2.75) is 32.4 Å². The van der Waals surface area contributed by atoms with E-state index in [9.17, 15) is 24.5 Å². The monoisotopic (exact) mass is 398 g/mol. The number of ether oxygens (including phenoxy) is 1. The topological polar surface area (TPSA) is 122 Å². The summed E-state index contributed by atoms with van der Waals surface area (Å²) < 4.78 is 11.5. The maximum atomic E-state index is 12.2. The van der Waals surface area contributed by atoms with E-state index in [0.29, 0.717) is 11.1 Å². The molecule has 1 heterocycles. The van der Waals surface area contributed by atoms with Gasteiger partial charge in [-0.15, -0.1) is 0 Å². The number of esters is 1. The zero-order chi connectivity index (χ0) is 21.0. The molecule has 1 atom stereocenters. The first-order valence-corrected chi connectivity index (χ1v) is 8.93. The highest BCUT2D eigenvalue weighted by atomic mass is 16.6. The Hall–Kier alpha value is -3.75. The van der Waals surface area contributed by atoms with E-state index in [1.54, 1.807) is 30.3 Å². The lowest BCUT2D eigenvalue weighted by Gasteiger charge is -2.12. The third-order valence-corrected chi connectivity index (χ3v) is 4.36. The van der Waals surface area contributed by atoms with Crippen LogP contribution >= 0.6 is 0 Å². The normalized spacial score (nSPS) is 11.9. The van der Waals surface area contributed by atoms with Gasteiger partial charge >= 0.3 is 11.7 Å². The van der Waals surface area contributed by atoms with Gasteiger partial charge in [-0.25, -0.2) is 4.79 Å². The fourth-order valence-electron chi connectivity index (χ4n) is 2.91. The fraction of sp³-hybridized carbons (Fsp3) is 0.250. The van der Waals surface area contributed by atoms with Crippen molar-refractivity contribution in [2.24, 2.45) is 0 Å². The van der Waals surface area contributed by atoms with Crippen molar-refractivity contribution in [3.63, 3.8) is 0 Å². The van der Waals surface area contributed by atoms with Gasteiger partial charge in [0.05, 0.1) is 16.5 Å². The molecule has 3 rings (SSSR count). The molecule has 1 aromatic heterocycles. The van der Waals surface area contributed by atoms with Crippen LogP contribution in [0.5, 0.6) is 0 Å². The van der Waals surface area contributed by atoms with Gasteiger partial charge in [0.25, 0.3) is 5.69 Å². The summed E-state index contributed by atoms with van der Waals surface area (Å²) in [5.41, 5.74) is 0.785. The number of fused-ring (bicyclic) bond motifs is 1. The maximum Gasteiger partial charge on any atom is 0.419 e. The number of aryl methyl sites for hydroxylation is 1. The molecule has 0 spiro atoms. The molecule has 9 nitrogen and oxygen atoms in total. The quantitative estimate of drug-likeness (QED) is 0.247. The van der Waals surface area contributed by atoms with Crippen molar-refractivity contribution >= 4 is 28.5 Å². The molecule has 2 aromatic carbocycles. The predicted octanol–water partition coefficient (Wildman–Crippen LogP) is 3.10. The zero-order valence-corrected chi connectivity index (χ0v) is 15.6. The largest absolute Gasteiger partial charge is 0.454 e. The van der Waals surface area contributed by atoms with Crippen LogP contribution in [-0.4, -0.2) is 27.3 Å². The van der Waals surface area contributed by atoms with Crippen LogP contribution < -0.4 is 5.76 Å². The van der Waals surface area contributed by atoms with Gasteiger partial charge in [-0.05, 0) is 19.4 Å². The third-order valence-electron chi connectivity index (χ3n) is 4.36. The Bertz CT molecular complexity index is 1110. The van der Waals surface area contributed by atoms with E-state index in [-0.39, 0.29) is 36.4 Å². The molecule has 9 heteroatoms. The number of hydrogen-bond acceptors (Lipinski definition) is 7. The first kappa shape index (κ1) is 20.0. The first-order chi connectivity index (χ1) is 13.9. The van der Waals surface area contributed by atoms with Crippen molar-refractivity contribution in [1.29, 1.82) is 0 Å². The number of carbonyl (C=O) groups is 2. The van der Waals surface area contributed by atoms with Crippen molar-refractivity contribution in [2.75, 3.05) is 0 Å². The number of benzene rings is 2. The number of rotatable bonds is 8. The number of non-ortho nitro benzene ring substituents is 1. The number of nitrogens with zero attached hydrogens (tertiary/aromatic N) is 2. The second kappa shape index (κ2) is 8.51. The van der Waals surface area contributed by atoms with Gasteiger partial charge in [0.15, 0.2) is 11.7 Å². The Kier molecular flexibility index (Phi) is 5.87. The molecule has 0 aliphatic heterocycles. The Morgan fingerprint density at radius 2 is 1.93 bits per heavy atom. The van der Waals surface area contributed by atoms with Gasteiger partial charge in [-0.3, -0.25) is 24.3 Å². The number of nitro benzene ring substituents is 1. The van der Waals surface area contributed by atoms with Gasteiger partial charge in [-0.1, -0.05) is 30.3 Å². The molecule has 0 radical (unpaired) electrons. The summed E-state index contributed by atoms with van der Waals surface area (Å²) >= 11 is 0. The summed E-state index contributed by atoms with van der Waals surface area (Å²) in [6, 6.07) is 12.4. The van der Waals surface area contributed by atoms with Crippen LogP contribution in [0.25, 0.3) is 11.1 Å². The number of oxazole rings is 1. The molecule has 3 aromatic rings. The molecular formula is C20H18N2O7. The number of hydrogen-bond donors (Lipinski definition) is 0. The van der Waals surface area contributed by atoms with E-state index in [0.717, 1.165) is 0 Å². The number of Topliss-reactive ketones (excluding diaryl/α,β-unsaturated/α-hetero) is 1. The standard InChI is InChI=1S/C20H18N2O7/c1-13(19(24)14-6-3-2-4-7-14)28-18(23)8-5-11-21-16-10-9-15(22(26)27)12-17(16)29-20(21)25/h2-4,6-7,9-10,12-13H,5,8,11H2,1H3. The van der Waals surface area contributed by atoms with Gasteiger partial charge in [0, 0.05) is 24.6 Å². The van der Waals surface area contributed by atoms with Gasteiger partial charge in [-0.2, -0.15) is 0 Å². The first-order valence-electron chi connectivity index (χ1n) is 8.93. The summed E-state index contributed by atoms with van der Waals surface area (Å²) in [5, 5.41) is 10.8. The minimum absolute atomic E-state index is 0.00148. The van der Waals surface area contributed by atoms with E-state index in [2.05, 4.69) is 0 Å². The van der Waals surface area contributed by atoms with Crippen LogP contribution in [0, 0.1) is 10.1 Å². The molecule has 1 unspecified atom stereocenters. The van der Waals surface area contributed by atoms with E-state index in [1.165, 1.54) is 29.7 Å². The molecule has 0 N–H and O–H groups in total. The molecule has 0 saturated heterocycles. The number of aromatic nitrogens is 1. The highest BCUT2D eigenvalue weighted by Crippen LogP contribution is 2.20. The molecule has 0 amide bonds. The van der Waals surface area contributed by atoms with E-state index < -0.39 is 22.8 Å². The summed E-state index contributed by atoms with van der Waals surface area (Å²) in [6.07, 6.45) is -0.641. The second-order valence-electron chi connectivity index (χ2n) is 6.39. The van der Waals surface area contributed by atoms with E-state index in [1.807, 2.05) is 0 Å². The number of ketones is 1. The molecule has 0 aliphatic carbocycles. The van der Waals surface area contributed by atoms with E-state index in [4.69, 9.17) is 9.15 Å². The van der Waals surface area contributed by atoms with Crippen molar-refractivity contribution in [3.8, 4) is 0 Å². The summed E-state index contributed by atoms with van der Waals surface area (Å²) in [5.74, 6) is -1.52. The SMILES string of the molecule is CC(OC(=O)CCCn1c(=O)oc2cc([N+](=O)[O-])ccc21)C(=O)c1ccccc1. The number of nitro groups is 1. The molecule has 150 valence electrons. The molecule has 0 bridgehead atoms. The molecule has 0 fully saturated rings. The average Bonchev–Trinajstić information content (AvgIpc) is 3.02. The Balaban J connectivity index is 1.58. The van der Waals surface area contributed by atoms with Gasteiger partial charge in [0.2, 0.25) is 5.78 Å². The molecule has 0 aliphatic rings. The lowest BCUT2D eigenvalue weighted by molar-refractivity contribution is -0.384. The predicted molar refractivity (Wildman–Crippen MR) is 103 cm³/mol. The highest BCUT2D eigenvalue weighted by Gasteiger charge is 2.19. The lowest BCUT2D eigenvalue weighted by Crippen LogP contribution is -2.24. The molecule has 29 heavy (non-hydrogen) atoms. The number of carbonyl (C=O) groups excluding carboxylic acids is 2. The zero-order valence-electron chi connectivity index (χ0n) is 15.6. The van der Waals surface area contributed by atoms with Crippen LogP contribution in [0.1, 0.15) is 30.1 Å². The van der Waals surface area contributed by atoms with Crippen LogP contribution in [0.4, 0.5) is 5.69 Å². The van der Waals surface area contributed by atoms with Crippen LogP contribution in [0.3, 0.4) is 0 Å². The van der Waals surface area contributed by atoms with Crippen molar-refractivity contribution in [3.05, 3.63) is 74.8 Å². The fourth-order valence-corrected chi connectivity index (χ4v) is 2.91. The smallest absolute Gasteiger partial charge is 0.419 e. The lowest BCUT2D eigenvalue weighted by atomic mass is 10.1. The summed E-state index contributed by atoms with van der Waals surface area (Å²) in [4.78, 5) is 46.5. The van der Waals surface area contributed by atoms with Crippen molar-refractivity contribution < 1.29 is 23.7 Å².